The Balaban J connectivity index is 1.79. The molecule has 0 spiro atoms. The summed E-state index contributed by atoms with van der Waals surface area (Å²) < 4.78 is 0. The van der Waals surface area contributed by atoms with Gasteiger partial charge in [0.1, 0.15) is 0 Å². The van der Waals surface area contributed by atoms with E-state index in [1.165, 1.54) is 25.7 Å². The van der Waals surface area contributed by atoms with E-state index in [0.29, 0.717) is 6.04 Å². The van der Waals surface area contributed by atoms with Gasteiger partial charge < -0.3 is 10.6 Å². The van der Waals surface area contributed by atoms with Crippen molar-refractivity contribution in [1.29, 1.82) is 0 Å². The summed E-state index contributed by atoms with van der Waals surface area (Å²) in [5.41, 5.74) is 1.09. The van der Waals surface area contributed by atoms with E-state index in [2.05, 4.69) is 26.0 Å². The standard InChI is InChI=1S/C12H20N4S/c1-9-15-11(8-17-9)7-14-12(13-2)16-10-5-3-4-6-10/h8,10H,3-7H2,1-2H3,(H2,13,14,16). The van der Waals surface area contributed by atoms with Crippen LogP contribution in [0, 0.1) is 6.92 Å². The van der Waals surface area contributed by atoms with E-state index in [9.17, 15) is 0 Å². The van der Waals surface area contributed by atoms with Gasteiger partial charge in [-0.15, -0.1) is 11.3 Å². The average Bonchev–Trinajstić information content (AvgIpc) is 2.96. The lowest BCUT2D eigenvalue weighted by molar-refractivity contribution is 0.612. The maximum atomic E-state index is 4.42. The first-order chi connectivity index (χ1) is 8.28. The molecule has 1 heterocycles. The van der Waals surface area contributed by atoms with Crippen molar-refractivity contribution in [3.8, 4) is 0 Å². The molecule has 0 amide bonds. The highest BCUT2D eigenvalue weighted by molar-refractivity contribution is 7.09. The number of aliphatic imine (C=N–C) groups is 1. The SMILES string of the molecule is CN=C(NCc1csc(C)n1)NC1CCCC1. The Morgan fingerprint density at radius 2 is 2.29 bits per heavy atom. The first-order valence-electron chi connectivity index (χ1n) is 6.16. The van der Waals surface area contributed by atoms with Crippen LogP contribution in [0.5, 0.6) is 0 Å². The molecule has 17 heavy (non-hydrogen) atoms. The molecule has 2 N–H and O–H groups in total. The van der Waals surface area contributed by atoms with Crippen molar-refractivity contribution < 1.29 is 0 Å². The van der Waals surface area contributed by atoms with E-state index in [0.717, 1.165) is 23.2 Å². The Morgan fingerprint density at radius 1 is 1.53 bits per heavy atom. The highest BCUT2D eigenvalue weighted by atomic mass is 32.1. The first kappa shape index (κ1) is 12.4. The zero-order valence-corrected chi connectivity index (χ0v) is 11.3. The molecule has 0 atom stereocenters. The van der Waals surface area contributed by atoms with Crippen molar-refractivity contribution in [3.05, 3.63) is 16.1 Å². The molecule has 0 unspecified atom stereocenters. The van der Waals surface area contributed by atoms with Crippen molar-refractivity contribution in [2.45, 2.75) is 45.2 Å². The molecule has 5 heteroatoms. The van der Waals surface area contributed by atoms with Gasteiger partial charge in [0.25, 0.3) is 0 Å². The van der Waals surface area contributed by atoms with E-state index in [4.69, 9.17) is 0 Å². The van der Waals surface area contributed by atoms with Crippen LogP contribution >= 0.6 is 11.3 Å². The second kappa shape index (κ2) is 6.00. The quantitative estimate of drug-likeness (QED) is 0.639. The maximum Gasteiger partial charge on any atom is 0.191 e. The summed E-state index contributed by atoms with van der Waals surface area (Å²) in [6.45, 7) is 2.77. The number of aryl methyl sites for hydroxylation is 1. The number of thiazole rings is 1. The fourth-order valence-electron chi connectivity index (χ4n) is 2.12. The minimum atomic E-state index is 0.596. The van der Waals surface area contributed by atoms with Crippen LogP contribution in [-0.4, -0.2) is 24.0 Å². The second-order valence-corrected chi connectivity index (χ2v) is 5.47. The average molecular weight is 252 g/mol. The van der Waals surface area contributed by atoms with Crippen LogP contribution in [-0.2, 0) is 6.54 Å². The van der Waals surface area contributed by atoms with E-state index in [-0.39, 0.29) is 0 Å². The smallest absolute Gasteiger partial charge is 0.191 e. The van der Waals surface area contributed by atoms with Gasteiger partial charge in [-0.05, 0) is 19.8 Å². The molecule has 1 aromatic heterocycles. The minimum Gasteiger partial charge on any atom is -0.354 e. The third-order valence-electron chi connectivity index (χ3n) is 3.02. The van der Waals surface area contributed by atoms with Crippen LogP contribution in [0.15, 0.2) is 10.4 Å². The Bertz CT molecular complexity index is 380. The molecule has 4 nitrogen and oxygen atoms in total. The molecule has 1 aliphatic rings. The molecule has 0 aliphatic heterocycles. The molecule has 1 fully saturated rings. The van der Waals surface area contributed by atoms with Gasteiger partial charge in [0, 0.05) is 18.5 Å². The van der Waals surface area contributed by atoms with Gasteiger partial charge >= 0.3 is 0 Å². The predicted octanol–water partition coefficient (Wildman–Crippen LogP) is 2.06. The fourth-order valence-corrected chi connectivity index (χ4v) is 2.73. The molecule has 0 bridgehead atoms. The summed E-state index contributed by atoms with van der Waals surface area (Å²) in [6, 6.07) is 0.596. The number of nitrogens with one attached hydrogen (secondary N) is 2. The van der Waals surface area contributed by atoms with Crippen LogP contribution in [0.2, 0.25) is 0 Å². The predicted molar refractivity (Wildman–Crippen MR) is 72.4 cm³/mol. The number of hydrogen-bond donors (Lipinski definition) is 2. The molecule has 1 aromatic rings. The van der Waals surface area contributed by atoms with Crippen LogP contribution in [0.25, 0.3) is 0 Å². The number of guanidine groups is 1. The van der Waals surface area contributed by atoms with Crippen molar-refractivity contribution in [2.75, 3.05) is 7.05 Å². The molecule has 1 aliphatic carbocycles. The number of aromatic nitrogens is 1. The van der Waals surface area contributed by atoms with E-state index >= 15 is 0 Å². The Labute approximate surface area is 107 Å². The lowest BCUT2D eigenvalue weighted by Crippen LogP contribution is -2.41. The number of rotatable bonds is 3. The molecular formula is C12H20N4S. The largest absolute Gasteiger partial charge is 0.354 e. The molecular weight excluding hydrogens is 232 g/mol. The van der Waals surface area contributed by atoms with E-state index in [1.807, 2.05) is 14.0 Å². The summed E-state index contributed by atoms with van der Waals surface area (Å²) in [7, 11) is 1.82. The molecule has 94 valence electrons. The Kier molecular flexibility index (Phi) is 4.36. The Morgan fingerprint density at radius 3 is 2.88 bits per heavy atom. The molecule has 0 aromatic carbocycles. The summed E-state index contributed by atoms with van der Waals surface area (Å²) in [5, 5.41) is 9.97. The third kappa shape index (κ3) is 3.70. The first-order valence-corrected chi connectivity index (χ1v) is 7.04. The van der Waals surface area contributed by atoms with Gasteiger partial charge in [-0.3, -0.25) is 4.99 Å². The highest BCUT2D eigenvalue weighted by Gasteiger charge is 2.15. The number of nitrogens with zero attached hydrogens (tertiary/aromatic N) is 2. The Hall–Kier alpha value is -1.10. The summed E-state index contributed by atoms with van der Waals surface area (Å²) in [4.78, 5) is 8.67. The van der Waals surface area contributed by atoms with Gasteiger partial charge in [-0.2, -0.15) is 0 Å². The number of hydrogen-bond acceptors (Lipinski definition) is 3. The molecule has 0 saturated heterocycles. The normalized spacial score (nSPS) is 17.4. The molecule has 1 saturated carbocycles. The highest BCUT2D eigenvalue weighted by Crippen LogP contribution is 2.17. The lowest BCUT2D eigenvalue weighted by atomic mass is 10.2. The van der Waals surface area contributed by atoms with Crippen LogP contribution in [0.1, 0.15) is 36.4 Å². The molecule has 2 rings (SSSR count). The zero-order valence-electron chi connectivity index (χ0n) is 10.5. The zero-order chi connectivity index (χ0) is 12.1. The summed E-state index contributed by atoms with van der Waals surface area (Å²) in [6.07, 6.45) is 5.19. The van der Waals surface area contributed by atoms with Crippen LogP contribution in [0.4, 0.5) is 0 Å². The van der Waals surface area contributed by atoms with Crippen molar-refractivity contribution in [3.63, 3.8) is 0 Å². The van der Waals surface area contributed by atoms with Crippen LogP contribution in [0.3, 0.4) is 0 Å². The van der Waals surface area contributed by atoms with Gasteiger partial charge in [0.2, 0.25) is 0 Å². The van der Waals surface area contributed by atoms with Gasteiger partial charge in [-0.1, -0.05) is 12.8 Å². The van der Waals surface area contributed by atoms with E-state index < -0.39 is 0 Å². The monoisotopic (exact) mass is 252 g/mol. The lowest BCUT2D eigenvalue weighted by Gasteiger charge is -2.16. The van der Waals surface area contributed by atoms with Gasteiger partial charge in [0.05, 0.1) is 17.2 Å². The maximum absolute atomic E-state index is 4.42. The van der Waals surface area contributed by atoms with Crippen molar-refractivity contribution in [1.82, 2.24) is 15.6 Å². The van der Waals surface area contributed by atoms with Crippen LogP contribution < -0.4 is 10.6 Å². The van der Waals surface area contributed by atoms with Gasteiger partial charge in [-0.25, -0.2) is 4.98 Å². The van der Waals surface area contributed by atoms with E-state index in [1.54, 1.807) is 11.3 Å². The third-order valence-corrected chi connectivity index (χ3v) is 3.85. The summed E-state index contributed by atoms with van der Waals surface area (Å²) in [5.74, 6) is 0.891. The van der Waals surface area contributed by atoms with Gasteiger partial charge in [0.15, 0.2) is 5.96 Å². The topological polar surface area (TPSA) is 49.3 Å². The summed E-state index contributed by atoms with van der Waals surface area (Å²) >= 11 is 1.69. The second-order valence-electron chi connectivity index (χ2n) is 4.41. The van der Waals surface area contributed by atoms with Crippen molar-refractivity contribution in [2.24, 2.45) is 4.99 Å². The minimum absolute atomic E-state index is 0.596. The molecule has 0 radical (unpaired) electrons. The fraction of sp³-hybridized carbons (Fsp3) is 0.667. The van der Waals surface area contributed by atoms with Crippen molar-refractivity contribution >= 4 is 17.3 Å².